The average molecular weight is 257 g/mol. The van der Waals surface area contributed by atoms with Crippen LogP contribution in [0.25, 0.3) is 0 Å². The Labute approximate surface area is 114 Å². The summed E-state index contributed by atoms with van der Waals surface area (Å²) >= 11 is 0. The van der Waals surface area contributed by atoms with Crippen molar-refractivity contribution in [3.8, 4) is 17.2 Å². The van der Waals surface area contributed by atoms with Crippen LogP contribution in [0.1, 0.15) is 25.3 Å². The molecule has 3 heteroatoms. The maximum atomic E-state index is 5.83. The van der Waals surface area contributed by atoms with Crippen LogP contribution in [0.4, 0.5) is 5.69 Å². The van der Waals surface area contributed by atoms with Crippen LogP contribution in [0.15, 0.2) is 42.5 Å². The van der Waals surface area contributed by atoms with Crippen LogP contribution in [0.5, 0.6) is 17.2 Å². The molecule has 0 saturated carbocycles. The molecule has 0 fully saturated rings. The maximum absolute atomic E-state index is 5.83. The van der Waals surface area contributed by atoms with Crippen LogP contribution in [0.3, 0.4) is 0 Å². The normalized spacial score (nSPS) is 10.5. The molecule has 0 unspecified atom stereocenters. The molecule has 2 aromatic carbocycles. The topological polar surface area (TPSA) is 44.5 Å². The van der Waals surface area contributed by atoms with Crippen LogP contribution in [0, 0.1) is 0 Å². The Hall–Kier alpha value is -2.16. The van der Waals surface area contributed by atoms with Gasteiger partial charge in [0.1, 0.15) is 17.2 Å². The zero-order valence-corrected chi connectivity index (χ0v) is 11.5. The molecule has 0 bridgehead atoms. The van der Waals surface area contributed by atoms with E-state index >= 15 is 0 Å². The summed E-state index contributed by atoms with van der Waals surface area (Å²) in [7, 11) is 1.59. The highest BCUT2D eigenvalue weighted by Crippen LogP contribution is 2.30. The van der Waals surface area contributed by atoms with Crippen LogP contribution in [-0.4, -0.2) is 7.11 Å². The Morgan fingerprint density at radius 2 is 1.74 bits per heavy atom. The number of nitrogens with two attached hydrogens (primary N) is 1. The van der Waals surface area contributed by atoms with Gasteiger partial charge in [-0.25, -0.2) is 0 Å². The largest absolute Gasteiger partial charge is 0.494 e. The average Bonchev–Trinajstić information content (AvgIpc) is 2.41. The highest BCUT2D eigenvalue weighted by Gasteiger charge is 2.05. The lowest BCUT2D eigenvalue weighted by atomic mass is 10.0. The van der Waals surface area contributed by atoms with Crippen molar-refractivity contribution in [1.82, 2.24) is 0 Å². The van der Waals surface area contributed by atoms with E-state index in [-0.39, 0.29) is 0 Å². The molecule has 2 N–H and O–H groups in total. The van der Waals surface area contributed by atoms with Crippen molar-refractivity contribution in [1.29, 1.82) is 0 Å². The van der Waals surface area contributed by atoms with E-state index in [1.54, 1.807) is 19.2 Å². The molecule has 0 amide bonds. The third-order valence-corrected chi connectivity index (χ3v) is 2.97. The predicted molar refractivity (Wildman–Crippen MR) is 78.0 cm³/mol. The SMILES string of the molecule is COc1cc(Oc2cccc(C(C)C)c2)ccc1N. The molecule has 0 atom stereocenters. The molecule has 19 heavy (non-hydrogen) atoms. The highest BCUT2D eigenvalue weighted by molar-refractivity contribution is 5.56. The van der Waals surface area contributed by atoms with Gasteiger partial charge in [-0.2, -0.15) is 0 Å². The summed E-state index contributed by atoms with van der Waals surface area (Å²) in [5, 5.41) is 0. The van der Waals surface area contributed by atoms with Gasteiger partial charge in [-0.15, -0.1) is 0 Å². The van der Waals surface area contributed by atoms with Gasteiger partial charge in [0, 0.05) is 6.07 Å². The summed E-state index contributed by atoms with van der Waals surface area (Å²) in [4.78, 5) is 0. The zero-order chi connectivity index (χ0) is 13.8. The van der Waals surface area contributed by atoms with Crippen molar-refractivity contribution in [3.05, 3.63) is 48.0 Å². The molecule has 0 heterocycles. The molecule has 2 aromatic rings. The smallest absolute Gasteiger partial charge is 0.145 e. The molecule has 0 aliphatic rings. The van der Waals surface area contributed by atoms with Crippen molar-refractivity contribution in [2.24, 2.45) is 0 Å². The second-order valence-corrected chi connectivity index (χ2v) is 4.73. The summed E-state index contributed by atoms with van der Waals surface area (Å²) in [5.74, 6) is 2.63. The minimum atomic E-state index is 0.476. The Bertz CT molecular complexity index is 564. The molecule has 0 spiro atoms. The van der Waals surface area contributed by atoms with E-state index in [2.05, 4.69) is 19.9 Å². The first-order valence-electron chi connectivity index (χ1n) is 6.31. The molecule has 0 radical (unpaired) electrons. The first-order chi connectivity index (χ1) is 9.10. The van der Waals surface area contributed by atoms with E-state index in [0.717, 1.165) is 5.75 Å². The molecule has 100 valence electrons. The van der Waals surface area contributed by atoms with E-state index in [1.165, 1.54) is 5.56 Å². The molecule has 0 aliphatic heterocycles. The second kappa shape index (κ2) is 5.65. The summed E-state index contributed by atoms with van der Waals surface area (Å²) < 4.78 is 11.0. The van der Waals surface area contributed by atoms with Crippen LogP contribution in [-0.2, 0) is 0 Å². The van der Waals surface area contributed by atoms with E-state index in [9.17, 15) is 0 Å². The van der Waals surface area contributed by atoms with Crippen molar-refractivity contribution in [3.63, 3.8) is 0 Å². The first-order valence-corrected chi connectivity index (χ1v) is 6.31. The van der Waals surface area contributed by atoms with E-state index < -0.39 is 0 Å². The lowest BCUT2D eigenvalue weighted by molar-refractivity contribution is 0.411. The molecular weight excluding hydrogens is 238 g/mol. The Morgan fingerprint density at radius 3 is 2.42 bits per heavy atom. The van der Waals surface area contributed by atoms with Crippen LogP contribution in [0.2, 0.25) is 0 Å². The summed E-state index contributed by atoms with van der Waals surface area (Å²) in [6.07, 6.45) is 0. The van der Waals surface area contributed by atoms with Crippen molar-refractivity contribution in [2.75, 3.05) is 12.8 Å². The van der Waals surface area contributed by atoms with Crippen LogP contribution >= 0.6 is 0 Å². The maximum Gasteiger partial charge on any atom is 0.145 e. The number of methoxy groups -OCH3 is 1. The van der Waals surface area contributed by atoms with Crippen molar-refractivity contribution >= 4 is 5.69 Å². The number of nitrogen functional groups attached to an aromatic ring is 1. The third kappa shape index (κ3) is 3.19. The fraction of sp³-hybridized carbons (Fsp3) is 0.250. The molecule has 0 aliphatic carbocycles. The quantitative estimate of drug-likeness (QED) is 0.835. The van der Waals surface area contributed by atoms with Gasteiger partial charge in [-0.3, -0.25) is 0 Å². The second-order valence-electron chi connectivity index (χ2n) is 4.73. The van der Waals surface area contributed by atoms with Gasteiger partial charge >= 0.3 is 0 Å². The summed E-state index contributed by atoms with van der Waals surface area (Å²) in [6.45, 7) is 4.32. The Balaban J connectivity index is 2.23. The number of ether oxygens (including phenoxy) is 2. The zero-order valence-electron chi connectivity index (χ0n) is 11.5. The molecule has 0 aromatic heterocycles. The standard InChI is InChI=1S/C16H19NO2/c1-11(2)12-5-4-6-13(9-12)19-14-7-8-15(17)16(10-14)18-3/h4-11H,17H2,1-3H3. The van der Waals surface area contributed by atoms with Crippen molar-refractivity contribution in [2.45, 2.75) is 19.8 Å². The van der Waals surface area contributed by atoms with E-state index in [4.69, 9.17) is 15.2 Å². The molecule has 3 nitrogen and oxygen atoms in total. The number of hydrogen-bond donors (Lipinski definition) is 1. The highest BCUT2D eigenvalue weighted by atomic mass is 16.5. The number of rotatable bonds is 4. The van der Waals surface area contributed by atoms with E-state index in [1.807, 2.05) is 24.3 Å². The molecule has 0 saturated heterocycles. The fourth-order valence-electron chi connectivity index (χ4n) is 1.83. The monoisotopic (exact) mass is 257 g/mol. The number of hydrogen-bond acceptors (Lipinski definition) is 3. The lowest BCUT2D eigenvalue weighted by Crippen LogP contribution is -1.93. The first kappa shape index (κ1) is 13.3. The summed E-state index contributed by atoms with van der Waals surface area (Å²) in [5.41, 5.74) is 7.63. The minimum Gasteiger partial charge on any atom is -0.494 e. The predicted octanol–water partition coefficient (Wildman–Crippen LogP) is 4.19. The fourth-order valence-corrected chi connectivity index (χ4v) is 1.83. The Morgan fingerprint density at radius 1 is 1.00 bits per heavy atom. The Kier molecular flexibility index (Phi) is 3.95. The van der Waals surface area contributed by atoms with Gasteiger partial charge in [-0.1, -0.05) is 26.0 Å². The van der Waals surface area contributed by atoms with Gasteiger partial charge < -0.3 is 15.2 Å². The molecular formula is C16H19NO2. The van der Waals surface area contributed by atoms with Gasteiger partial charge in [-0.05, 0) is 35.7 Å². The minimum absolute atomic E-state index is 0.476. The van der Waals surface area contributed by atoms with Gasteiger partial charge in [0.15, 0.2) is 0 Å². The van der Waals surface area contributed by atoms with Gasteiger partial charge in [0.05, 0.1) is 12.8 Å². The van der Waals surface area contributed by atoms with Gasteiger partial charge in [0.2, 0.25) is 0 Å². The van der Waals surface area contributed by atoms with E-state index in [0.29, 0.717) is 23.1 Å². The molecule has 2 rings (SSSR count). The van der Waals surface area contributed by atoms with Crippen molar-refractivity contribution < 1.29 is 9.47 Å². The lowest BCUT2D eigenvalue weighted by Gasteiger charge is -2.11. The van der Waals surface area contributed by atoms with Crippen LogP contribution < -0.4 is 15.2 Å². The number of benzene rings is 2. The summed E-state index contributed by atoms with van der Waals surface area (Å²) in [6, 6.07) is 13.5. The third-order valence-electron chi connectivity index (χ3n) is 2.97. The number of anilines is 1. The van der Waals surface area contributed by atoms with Gasteiger partial charge in [0.25, 0.3) is 0 Å².